The smallest absolute Gasteiger partial charge is 0.316 e. The maximum atomic E-state index is 12.0. The second-order valence-electron chi connectivity index (χ2n) is 5.20. The van der Waals surface area contributed by atoms with E-state index in [0.29, 0.717) is 11.2 Å². The van der Waals surface area contributed by atoms with Crippen molar-refractivity contribution in [1.82, 2.24) is 8.75 Å². The molecule has 0 saturated heterocycles. The van der Waals surface area contributed by atoms with Gasteiger partial charge in [-0.25, -0.2) is 0 Å². The predicted molar refractivity (Wildman–Crippen MR) is 98.9 cm³/mol. The molecule has 0 aliphatic rings. The number of fused-ring (bicyclic) bond motifs is 1. The van der Waals surface area contributed by atoms with Crippen LogP contribution in [-0.4, -0.2) is 33.0 Å². The average Bonchev–Trinajstić information content (AvgIpc) is 3.09. The molecule has 1 amide bonds. The minimum absolute atomic E-state index is 0.156. The molecule has 8 heteroatoms. The van der Waals surface area contributed by atoms with Crippen LogP contribution in [-0.2, 0) is 14.3 Å². The van der Waals surface area contributed by atoms with Gasteiger partial charge in [-0.15, -0.1) is 11.8 Å². The van der Waals surface area contributed by atoms with E-state index in [1.807, 2.05) is 37.3 Å². The Bertz CT molecular complexity index is 911. The number of hydrogen-bond acceptors (Lipinski definition) is 7. The summed E-state index contributed by atoms with van der Waals surface area (Å²) in [5.41, 5.74) is 3.00. The lowest BCUT2D eigenvalue weighted by Gasteiger charge is -2.07. The molecule has 3 aromatic rings. The van der Waals surface area contributed by atoms with E-state index >= 15 is 0 Å². The van der Waals surface area contributed by atoms with Gasteiger partial charge in [0.15, 0.2) is 6.61 Å². The van der Waals surface area contributed by atoms with Gasteiger partial charge in [0.25, 0.3) is 5.91 Å². The molecule has 1 aromatic heterocycles. The Kier molecular flexibility index (Phi) is 5.62. The van der Waals surface area contributed by atoms with E-state index in [1.54, 1.807) is 12.1 Å². The highest BCUT2D eigenvalue weighted by molar-refractivity contribution is 8.00. The minimum atomic E-state index is -0.433. The van der Waals surface area contributed by atoms with Crippen molar-refractivity contribution in [2.24, 2.45) is 0 Å². The second kappa shape index (κ2) is 8.09. The molecule has 0 atom stereocenters. The summed E-state index contributed by atoms with van der Waals surface area (Å²) in [4.78, 5) is 24.8. The maximum absolute atomic E-state index is 12.0. The molecule has 3 rings (SSSR count). The van der Waals surface area contributed by atoms with Gasteiger partial charge in [-0.2, -0.15) is 8.75 Å². The highest BCUT2D eigenvalue weighted by Crippen LogP contribution is 2.22. The lowest BCUT2D eigenvalue weighted by molar-refractivity contribution is -0.144. The van der Waals surface area contributed by atoms with Crippen LogP contribution in [0, 0.1) is 6.92 Å². The fourth-order valence-electron chi connectivity index (χ4n) is 2.14. The fraction of sp³-hybridized carbons (Fsp3) is 0.176. The van der Waals surface area contributed by atoms with Gasteiger partial charge in [0, 0.05) is 4.90 Å². The van der Waals surface area contributed by atoms with Gasteiger partial charge in [-0.05, 0) is 30.7 Å². The number of esters is 1. The van der Waals surface area contributed by atoms with Crippen molar-refractivity contribution in [3.63, 3.8) is 0 Å². The first-order valence-corrected chi connectivity index (χ1v) is 9.20. The summed E-state index contributed by atoms with van der Waals surface area (Å²) in [7, 11) is 0. The number of thioether (sulfide) groups is 1. The molecule has 0 saturated carbocycles. The lowest BCUT2D eigenvalue weighted by atomic mass is 10.2. The molecule has 0 aliphatic carbocycles. The third-order valence-corrected chi connectivity index (χ3v) is 5.06. The zero-order valence-corrected chi connectivity index (χ0v) is 15.0. The molecule has 2 aromatic carbocycles. The summed E-state index contributed by atoms with van der Waals surface area (Å²) in [5, 5.41) is 2.69. The SMILES string of the molecule is Cc1ccccc1SCC(=O)OCC(=O)Nc1cccc2nsnc12. The van der Waals surface area contributed by atoms with Gasteiger partial charge >= 0.3 is 5.97 Å². The molecule has 1 N–H and O–H groups in total. The molecule has 6 nitrogen and oxygen atoms in total. The van der Waals surface area contributed by atoms with E-state index < -0.39 is 11.9 Å². The van der Waals surface area contributed by atoms with E-state index in [2.05, 4.69) is 14.1 Å². The second-order valence-corrected chi connectivity index (χ2v) is 6.75. The molecule has 128 valence electrons. The number of carbonyl (C=O) groups is 2. The fourth-order valence-corrected chi connectivity index (χ4v) is 3.51. The van der Waals surface area contributed by atoms with Crippen LogP contribution >= 0.6 is 23.5 Å². The third-order valence-electron chi connectivity index (χ3n) is 3.36. The maximum Gasteiger partial charge on any atom is 0.316 e. The molecule has 0 bridgehead atoms. The summed E-state index contributed by atoms with van der Waals surface area (Å²) in [6.07, 6.45) is 0. The van der Waals surface area contributed by atoms with Crippen molar-refractivity contribution in [2.45, 2.75) is 11.8 Å². The van der Waals surface area contributed by atoms with Crippen molar-refractivity contribution in [3.05, 3.63) is 48.0 Å². The highest BCUT2D eigenvalue weighted by atomic mass is 32.2. The van der Waals surface area contributed by atoms with Crippen molar-refractivity contribution >= 4 is 52.1 Å². The zero-order valence-electron chi connectivity index (χ0n) is 13.4. The van der Waals surface area contributed by atoms with Crippen molar-refractivity contribution in [3.8, 4) is 0 Å². The van der Waals surface area contributed by atoms with Gasteiger partial charge in [0.1, 0.15) is 11.0 Å². The zero-order chi connectivity index (χ0) is 17.6. The van der Waals surface area contributed by atoms with E-state index in [1.165, 1.54) is 11.8 Å². The van der Waals surface area contributed by atoms with Crippen LogP contribution in [0.5, 0.6) is 0 Å². The number of aromatic nitrogens is 2. The van der Waals surface area contributed by atoms with E-state index in [4.69, 9.17) is 4.74 Å². The Morgan fingerprint density at radius 2 is 2.00 bits per heavy atom. The molecule has 0 unspecified atom stereocenters. The van der Waals surface area contributed by atoms with Crippen LogP contribution in [0.15, 0.2) is 47.4 Å². The molecule has 0 radical (unpaired) electrons. The Hall–Kier alpha value is -2.45. The monoisotopic (exact) mass is 373 g/mol. The summed E-state index contributed by atoms with van der Waals surface area (Å²) < 4.78 is 13.3. The molecule has 0 aliphatic heterocycles. The van der Waals surface area contributed by atoms with Crippen LogP contribution < -0.4 is 5.32 Å². The standard InChI is InChI=1S/C17H15N3O3S2/c1-11-5-2-3-8-14(11)24-10-16(22)23-9-15(21)18-12-6-4-7-13-17(12)20-25-19-13/h2-8H,9-10H2,1H3,(H,18,21). The summed E-state index contributed by atoms with van der Waals surface area (Å²) in [6, 6.07) is 13.1. The van der Waals surface area contributed by atoms with Gasteiger partial charge in [-0.1, -0.05) is 24.3 Å². The van der Waals surface area contributed by atoms with Crippen molar-refractivity contribution in [1.29, 1.82) is 0 Å². The van der Waals surface area contributed by atoms with Gasteiger partial charge in [-0.3, -0.25) is 9.59 Å². The topological polar surface area (TPSA) is 81.2 Å². The van der Waals surface area contributed by atoms with E-state index in [-0.39, 0.29) is 12.4 Å². The largest absolute Gasteiger partial charge is 0.455 e. The van der Waals surface area contributed by atoms with Gasteiger partial charge in [0.2, 0.25) is 0 Å². The summed E-state index contributed by atoms with van der Waals surface area (Å²) in [5.74, 6) is -0.685. The molecule has 0 spiro atoms. The van der Waals surface area contributed by atoms with Crippen molar-refractivity contribution in [2.75, 3.05) is 17.7 Å². The molecular weight excluding hydrogens is 358 g/mol. The third kappa shape index (κ3) is 4.55. The molecule has 1 heterocycles. The number of rotatable bonds is 6. The number of nitrogens with one attached hydrogen (secondary N) is 1. The van der Waals surface area contributed by atoms with E-state index in [9.17, 15) is 9.59 Å². The number of benzene rings is 2. The number of ether oxygens (including phenoxy) is 1. The first-order valence-electron chi connectivity index (χ1n) is 7.48. The minimum Gasteiger partial charge on any atom is -0.455 e. The number of carbonyl (C=O) groups excluding carboxylic acids is 2. The van der Waals surface area contributed by atoms with E-state index in [0.717, 1.165) is 27.7 Å². The number of aryl methyl sites for hydroxylation is 1. The van der Waals surface area contributed by atoms with Crippen LogP contribution in [0.1, 0.15) is 5.56 Å². The van der Waals surface area contributed by atoms with Crippen LogP contribution in [0.25, 0.3) is 11.0 Å². The average molecular weight is 373 g/mol. The number of amides is 1. The van der Waals surface area contributed by atoms with Crippen LogP contribution in [0.2, 0.25) is 0 Å². The normalized spacial score (nSPS) is 10.6. The Labute approximate surface area is 152 Å². The Morgan fingerprint density at radius 3 is 2.84 bits per heavy atom. The Balaban J connectivity index is 1.48. The molecular formula is C17H15N3O3S2. The highest BCUT2D eigenvalue weighted by Gasteiger charge is 2.12. The number of anilines is 1. The Morgan fingerprint density at radius 1 is 1.16 bits per heavy atom. The van der Waals surface area contributed by atoms with Gasteiger partial charge in [0.05, 0.1) is 23.2 Å². The first-order chi connectivity index (χ1) is 12.1. The predicted octanol–water partition coefficient (Wildman–Crippen LogP) is 3.27. The number of hydrogen-bond donors (Lipinski definition) is 1. The molecule has 0 fully saturated rings. The van der Waals surface area contributed by atoms with Crippen LogP contribution in [0.3, 0.4) is 0 Å². The van der Waals surface area contributed by atoms with Gasteiger partial charge < -0.3 is 10.1 Å². The lowest BCUT2D eigenvalue weighted by Crippen LogP contribution is -2.21. The summed E-state index contributed by atoms with van der Waals surface area (Å²) in [6.45, 7) is 1.65. The number of nitrogens with zero attached hydrogens (tertiary/aromatic N) is 2. The first kappa shape index (κ1) is 17.4. The quantitative estimate of drug-likeness (QED) is 0.528. The van der Waals surface area contributed by atoms with Crippen LogP contribution in [0.4, 0.5) is 5.69 Å². The van der Waals surface area contributed by atoms with Crippen molar-refractivity contribution < 1.29 is 14.3 Å². The molecule has 25 heavy (non-hydrogen) atoms. The summed E-state index contributed by atoms with van der Waals surface area (Å²) >= 11 is 2.47.